The molecule has 0 atom stereocenters. The highest BCUT2D eigenvalue weighted by Crippen LogP contribution is 2.31. The second kappa shape index (κ2) is 9.07. The fraction of sp³-hybridized carbons (Fsp3) is 0.261. The molecule has 2 amide bonds. The van der Waals surface area contributed by atoms with E-state index in [1.807, 2.05) is 4.90 Å². The van der Waals surface area contributed by atoms with Crippen molar-refractivity contribution in [1.82, 2.24) is 25.5 Å². The molecular formula is C23H20FN5O3S. The van der Waals surface area contributed by atoms with Crippen LogP contribution in [0.25, 0.3) is 11.0 Å². The number of hydrogen-bond acceptors (Lipinski definition) is 7. The van der Waals surface area contributed by atoms with Gasteiger partial charge in [-0.25, -0.2) is 14.0 Å². The first-order chi connectivity index (χ1) is 16.1. The molecule has 1 aliphatic heterocycles. The summed E-state index contributed by atoms with van der Waals surface area (Å²) in [7, 11) is 0. The minimum atomic E-state index is -0.310. The van der Waals surface area contributed by atoms with Gasteiger partial charge in [-0.3, -0.25) is 9.59 Å². The molecule has 1 aliphatic rings. The third-order valence-electron chi connectivity index (χ3n) is 5.75. The smallest absolute Gasteiger partial charge is 0.271 e. The monoisotopic (exact) mass is 465 g/mol. The lowest BCUT2D eigenvalue weighted by Crippen LogP contribution is -2.37. The average Bonchev–Trinajstić information content (AvgIpc) is 3.53. The number of carbonyl (C=O) groups excluding carboxylic acids is 2. The van der Waals surface area contributed by atoms with Crippen LogP contribution in [0.1, 0.15) is 50.2 Å². The highest BCUT2D eigenvalue weighted by molar-refractivity contribution is 7.09. The van der Waals surface area contributed by atoms with E-state index < -0.39 is 0 Å². The predicted molar refractivity (Wildman–Crippen MR) is 119 cm³/mol. The number of fused-ring (bicyclic) bond motifs is 1. The van der Waals surface area contributed by atoms with Crippen LogP contribution in [0.4, 0.5) is 4.39 Å². The molecule has 5 rings (SSSR count). The molecular weight excluding hydrogens is 445 g/mol. The van der Waals surface area contributed by atoms with Crippen LogP contribution in [0.2, 0.25) is 0 Å². The van der Waals surface area contributed by atoms with E-state index in [1.54, 1.807) is 35.7 Å². The first-order valence-corrected chi connectivity index (χ1v) is 11.4. The second-order valence-corrected chi connectivity index (χ2v) is 8.80. The van der Waals surface area contributed by atoms with Crippen molar-refractivity contribution in [3.8, 4) is 0 Å². The Hall–Kier alpha value is -3.66. The van der Waals surface area contributed by atoms with Crippen molar-refractivity contribution in [2.45, 2.75) is 25.3 Å². The Morgan fingerprint density at radius 1 is 1.09 bits per heavy atom. The molecule has 2 aromatic carbocycles. The molecule has 1 fully saturated rings. The van der Waals surface area contributed by atoms with E-state index in [0.29, 0.717) is 41.9 Å². The summed E-state index contributed by atoms with van der Waals surface area (Å²) in [6.07, 6.45) is 1.56. The fourth-order valence-electron chi connectivity index (χ4n) is 3.88. The van der Waals surface area contributed by atoms with E-state index in [-0.39, 0.29) is 23.5 Å². The SMILES string of the molecule is O=C(NCc1ccc(F)cc1)c1csc(C2CCN(C(=O)c3ccc4nonc4c3)CC2)n1. The molecule has 8 nitrogen and oxygen atoms in total. The molecule has 1 saturated heterocycles. The normalized spacial score (nSPS) is 14.5. The molecule has 0 radical (unpaired) electrons. The zero-order chi connectivity index (χ0) is 22.8. The van der Waals surface area contributed by atoms with E-state index in [4.69, 9.17) is 4.63 Å². The number of nitrogens with zero attached hydrogens (tertiary/aromatic N) is 4. The number of nitrogens with one attached hydrogen (secondary N) is 1. The maximum Gasteiger partial charge on any atom is 0.271 e. The van der Waals surface area contributed by atoms with Crippen molar-refractivity contribution in [3.63, 3.8) is 0 Å². The number of hydrogen-bond donors (Lipinski definition) is 1. The van der Waals surface area contributed by atoms with Gasteiger partial charge in [0.05, 0.1) is 5.01 Å². The van der Waals surface area contributed by atoms with E-state index in [9.17, 15) is 14.0 Å². The van der Waals surface area contributed by atoms with Crippen LogP contribution in [0, 0.1) is 5.82 Å². The van der Waals surface area contributed by atoms with Crippen molar-refractivity contribution >= 4 is 34.2 Å². The number of benzene rings is 2. The van der Waals surface area contributed by atoms with E-state index >= 15 is 0 Å². The van der Waals surface area contributed by atoms with Gasteiger partial charge in [0.15, 0.2) is 0 Å². The van der Waals surface area contributed by atoms with Gasteiger partial charge in [0.1, 0.15) is 22.5 Å². The highest BCUT2D eigenvalue weighted by atomic mass is 32.1. The summed E-state index contributed by atoms with van der Waals surface area (Å²) in [4.78, 5) is 31.7. The Morgan fingerprint density at radius 3 is 2.64 bits per heavy atom. The van der Waals surface area contributed by atoms with Crippen molar-refractivity contribution in [2.75, 3.05) is 13.1 Å². The summed E-state index contributed by atoms with van der Waals surface area (Å²) in [5.74, 6) is -0.402. The van der Waals surface area contributed by atoms with Crippen molar-refractivity contribution in [3.05, 3.63) is 75.5 Å². The lowest BCUT2D eigenvalue weighted by Gasteiger charge is -2.31. The summed E-state index contributed by atoms with van der Waals surface area (Å²) in [6, 6.07) is 11.2. The average molecular weight is 466 g/mol. The van der Waals surface area contributed by atoms with Crippen LogP contribution in [-0.2, 0) is 6.54 Å². The number of piperidine rings is 1. The number of halogens is 1. The van der Waals surface area contributed by atoms with Gasteiger partial charge in [-0.2, -0.15) is 0 Å². The highest BCUT2D eigenvalue weighted by Gasteiger charge is 2.27. The Morgan fingerprint density at radius 2 is 1.85 bits per heavy atom. The van der Waals surface area contributed by atoms with E-state index in [2.05, 4.69) is 20.6 Å². The third-order valence-corrected chi connectivity index (χ3v) is 6.76. The molecule has 168 valence electrons. The predicted octanol–water partition coefficient (Wildman–Crippen LogP) is 3.77. The van der Waals surface area contributed by atoms with E-state index in [0.717, 1.165) is 23.4 Å². The molecule has 0 bridgehead atoms. The maximum absolute atomic E-state index is 13.0. The van der Waals surface area contributed by atoms with Gasteiger partial charge in [0, 0.05) is 36.5 Å². The van der Waals surface area contributed by atoms with Gasteiger partial charge in [0.2, 0.25) is 0 Å². The van der Waals surface area contributed by atoms with Gasteiger partial charge in [-0.05, 0) is 59.1 Å². The van der Waals surface area contributed by atoms with Crippen molar-refractivity contribution in [2.24, 2.45) is 0 Å². The fourth-order valence-corrected chi connectivity index (χ4v) is 4.85. The molecule has 4 aromatic rings. The molecule has 0 spiro atoms. The standard InChI is InChI=1S/C23H20FN5O3S/c24-17-4-1-14(2-5-17)12-25-21(30)20-13-33-22(26-20)15-7-9-29(10-8-15)23(31)16-3-6-18-19(11-16)28-32-27-18/h1-6,11,13,15H,7-10,12H2,(H,25,30). The van der Waals surface area contributed by atoms with Crippen LogP contribution in [0.3, 0.4) is 0 Å². The van der Waals surface area contributed by atoms with Crippen LogP contribution >= 0.6 is 11.3 Å². The maximum atomic E-state index is 13.0. The summed E-state index contributed by atoms with van der Waals surface area (Å²) in [5, 5.41) is 13.0. The second-order valence-electron chi connectivity index (χ2n) is 7.91. The first kappa shape index (κ1) is 21.2. The van der Waals surface area contributed by atoms with Crippen LogP contribution < -0.4 is 5.32 Å². The van der Waals surface area contributed by atoms with Gasteiger partial charge in [-0.1, -0.05) is 12.1 Å². The van der Waals surface area contributed by atoms with Crippen LogP contribution in [-0.4, -0.2) is 45.1 Å². The topological polar surface area (TPSA) is 101 Å². The van der Waals surface area contributed by atoms with Crippen molar-refractivity contribution < 1.29 is 18.6 Å². The molecule has 2 aromatic heterocycles. The van der Waals surface area contributed by atoms with E-state index in [1.165, 1.54) is 23.5 Å². The number of thiazole rings is 1. The van der Waals surface area contributed by atoms with Crippen molar-refractivity contribution in [1.29, 1.82) is 0 Å². The quantitative estimate of drug-likeness (QED) is 0.482. The largest absolute Gasteiger partial charge is 0.347 e. The zero-order valence-electron chi connectivity index (χ0n) is 17.5. The van der Waals surface area contributed by atoms with Gasteiger partial charge in [0.25, 0.3) is 11.8 Å². The number of amides is 2. The summed E-state index contributed by atoms with van der Waals surface area (Å²) in [6.45, 7) is 1.54. The number of likely N-dealkylation sites (tertiary alicyclic amines) is 1. The van der Waals surface area contributed by atoms with Gasteiger partial charge in [-0.15, -0.1) is 11.3 Å². The molecule has 0 aliphatic carbocycles. The summed E-state index contributed by atoms with van der Waals surface area (Å²) in [5.41, 5.74) is 2.93. The Balaban J connectivity index is 1.16. The molecule has 0 saturated carbocycles. The minimum absolute atomic E-state index is 0.0432. The zero-order valence-corrected chi connectivity index (χ0v) is 18.3. The number of aromatic nitrogens is 3. The van der Waals surface area contributed by atoms with Gasteiger partial charge >= 0.3 is 0 Å². The lowest BCUT2D eigenvalue weighted by atomic mass is 9.97. The third kappa shape index (κ3) is 4.61. The Bertz CT molecular complexity index is 1290. The first-order valence-electron chi connectivity index (χ1n) is 10.6. The summed E-state index contributed by atoms with van der Waals surface area (Å²) < 4.78 is 17.7. The molecule has 1 N–H and O–H groups in total. The molecule has 3 heterocycles. The minimum Gasteiger partial charge on any atom is -0.347 e. The number of carbonyl (C=O) groups is 2. The Labute approximate surface area is 192 Å². The van der Waals surface area contributed by atoms with Crippen LogP contribution in [0.15, 0.2) is 52.5 Å². The molecule has 0 unspecified atom stereocenters. The number of rotatable bonds is 5. The molecule has 10 heteroatoms. The van der Waals surface area contributed by atoms with Crippen LogP contribution in [0.5, 0.6) is 0 Å². The Kier molecular flexibility index (Phi) is 5.82. The molecule has 33 heavy (non-hydrogen) atoms. The lowest BCUT2D eigenvalue weighted by molar-refractivity contribution is 0.0713. The van der Waals surface area contributed by atoms with Gasteiger partial charge < -0.3 is 10.2 Å². The summed E-state index contributed by atoms with van der Waals surface area (Å²) >= 11 is 1.47.